The van der Waals surface area contributed by atoms with Crippen LogP contribution in [0.2, 0.25) is 5.02 Å². The summed E-state index contributed by atoms with van der Waals surface area (Å²) in [6.07, 6.45) is 0. The molecule has 1 amide bonds. The summed E-state index contributed by atoms with van der Waals surface area (Å²) in [4.78, 5) is 36.7. The largest absolute Gasteiger partial charge is 0.493 e. The van der Waals surface area contributed by atoms with Crippen molar-refractivity contribution >= 4 is 29.2 Å². The van der Waals surface area contributed by atoms with Crippen LogP contribution in [0.5, 0.6) is 11.5 Å². The molecule has 0 radical (unpaired) electrons. The molecule has 0 saturated heterocycles. The SMILES string of the molecule is CCOc1cc([N+](=O)[O-])c(C(=O)OCC(=O)N(C)Cc2cccc(Cl)c2)cc1OC. The average molecular weight is 437 g/mol. The molecule has 0 atom stereocenters. The molecule has 0 aromatic heterocycles. The average Bonchev–Trinajstić information content (AvgIpc) is 2.71. The first-order chi connectivity index (χ1) is 14.3. The highest BCUT2D eigenvalue weighted by atomic mass is 35.5. The Labute approximate surface area is 178 Å². The number of hydrogen-bond acceptors (Lipinski definition) is 7. The van der Waals surface area contributed by atoms with Gasteiger partial charge in [0.2, 0.25) is 0 Å². The van der Waals surface area contributed by atoms with Crippen molar-refractivity contribution < 1.29 is 28.7 Å². The van der Waals surface area contributed by atoms with Crippen LogP contribution in [0.25, 0.3) is 0 Å². The van der Waals surface area contributed by atoms with Gasteiger partial charge in [-0.05, 0) is 24.6 Å². The lowest BCUT2D eigenvalue weighted by Gasteiger charge is -2.17. The highest BCUT2D eigenvalue weighted by Gasteiger charge is 2.26. The molecule has 10 heteroatoms. The smallest absolute Gasteiger partial charge is 0.345 e. The normalized spacial score (nSPS) is 10.3. The van der Waals surface area contributed by atoms with Crippen molar-refractivity contribution in [1.29, 1.82) is 0 Å². The third kappa shape index (κ3) is 5.84. The Morgan fingerprint density at radius 1 is 1.20 bits per heavy atom. The standard InChI is InChI=1S/C20H21ClN2O7/c1-4-29-18-10-16(23(26)27)15(9-17(18)28-3)20(25)30-12-19(24)22(2)11-13-6-5-7-14(21)8-13/h5-10H,4,11-12H2,1-3H3. The molecule has 9 nitrogen and oxygen atoms in total. The second-order valence-corrected chi connectivity index (χ2v) is 6.60. The van der Waals surface area contributed by atoms with Gasteiger partial charge in [-0.2, -0.15) is 0 Å². The van der Waals surface area contributed by atoms with Crippen molar-refractivity contribution in [1.82, 2.24) is 4.90 Å². The van der Waals surface area contributed by atoms with Crippen LogP contribution in [0.4, 0.5) is 5.69 Å². The van der Waals surface area contributed by atoms with E-state index in [2.05, 4.69) is 0 Å². The molecule has 0 aliphatic heterocycles. The Kier molecular flexibility index (Phi) is 7.99. The minimum Gasteiger partial charge on any atom is -0.493 e. The highest BCUT2D eigenvalue weighted by molar-refractivity contribution is 6.30. The van der Waals surface area contributed by atoms with Gasteiger partial charge in [0, 0.05) is 24.7 Å². The van der Waals surface area contributed by atoms with Gasteiger partial charge < -0.3 is 19.1 Å². The van der Waals surface area contributed by atoms with Gasteiger partial charge in [-0.3, -0.25) is 14.9 Å². The molecular weight excluding hydrogens is 416 g/mol. The topological polar surface area (TPSA) is 108 Å². The Hall–Kier alpha value is -3.33. The summed E-state index contributed by atoms with van der Waals surface area (Å²) in [5.41, 5.74) is -0.0499. The predicted octanol–water partition coefficient (Wildman–Crippen LogP) is 3.47. The number of carbonyl (C=O) groups is 2. The second kappa shape index (κ2) is 10.4. The zero-order valence-corrected chi connectivity index (χ0v) is 17.5. The van der Waals surface area contributed by atoms with Crippen LogP contribution in [0.3, 0.4) is 0 Å². The molecule has 0 bridgehead atoms. The number of nitro benzene ring substituents is 1. The van der Waals surface area contributed by atoms with Crippen molar-refractivity contribution in [2.75, 3.05) is 27.4 Å². The van der Waals surface area contributed by atoms with Crippen LogP contribution >= 0.6 is 11.6 Å². The lowest BCUT2D eigenvalue weighted by molar-refractivity contribution is -0.385. The fourth-order valence-electron chi connectivity index (χ4n) is 2.60. The van der Waals surface area contributed by atoms with E-state index in [1.54, 1.807) is 38.2 Å². The molecule has 2 aromatic carbocycles. The van der Waals surface area contributed by atoms with Gasteiger partial charge in [-0.1, -0.05) is 23.7 Å². The number of hydrogen-bond donors (Lipinski definition) is 0. The van der Waals surface area contributed by atoms with Crippen LogP contribution in [0, 0.1) is 10.1 Å². The van der Waals surface area contributed by atoms with E-state index in [1.807, 2.05) is 0 Å². The Bertz CT molecular complexity index is 949. The molecule has 0 aliphatic carbocycles. The summed E-state index contributed by atoms with van der Waals surface area (Å²) in [7, 11) is 2.88. The molecule has 0 N–H and O–H groups in total. The van der Waals surface area contributed by atoms with Crippen molar-refractivity contribution in [3.63, 3.8) is 0 Å². The highest BCUT2D eigenvalue weighted by Crippen LogP contribution is 2.35. The fraction of sp³-hybridized carbons (Fsp3) is 0.300. The van der Waals surface area contributed by atoms with E-state index < -0.39 is 29.1 Å². The number of halogens is 1. The van der Waals surface area contributed by atoms with Crippen molar-refractivity contribution in [2.24, 2.45) is 0 Å². The van der Waals surface area contributed by atoms with Crippen LogP contribution in [-0.4, -0.2) is 49.1 Å². The first-order valence-electron chi connectivity index (χ1n) is 8.91. The summed E-state index contributed by atoms with van der Waals surface area (Å²) >= 11 is 5.93. The van der Waals surface area contributed by atoms with Gasteiger partial charge >= 0.3 is 5.97 Å². The second-order valence-electron chi connectivity index (χ2n) is 6.17. The summed E-state index contributed by atoms with van der Waals surface area (Å²) in [5, 5.41) is 11.9. The predicted molar refractivity (Wildman–Crippen MR) is 109 cm³/mol. The zero-order chi connectivity index (χ0) is 22.3. The minimum atomic E-state index is -1.02. The Balaban J connectivity index is 2.11. The third-order valence-corrected chi connectivity index (χ3v) is 4.29. The summed E-state index contributed by atoms with van der Waals surface area (Å²) in [6, 6.07) is 9.24. The maximum Gasteiger partial charge on any atom is 0.345 e. The van der Waals surface area contributed by atoms with Crippen molar-refractivity contribution in [2.45, 2.75) is 13.5 Å². The monoisotopic (exact) mass is 436 g/mol. The zero-order valence-electron chi connectivity index (χ0n) is 16.7. The number of amides is 1. The lowest BCUT2D eigenvalue weighted by Crippen LogP contribution is -2.30. The summed E-state index contributed by atoms with van der Waals surface area (Å²) in [5.74, 6) is -1.24. The molecule has 0 unspecified atom stereocenters. The number of carbonyl (C=O) groups excluding carboxylic acids is 2. The maximum atomic E-state index is 12.4. The summed E-state index contributed by atoms with van der Waals surface area (Å²) in [6.45, 7) is 1.64. The number of likely N-dealkylation sites (N-methyl/N-ethyl adjacent to an activating group) is 1. The molecule has 0 aliphatic rings. The first kappa shape index (κ1) is 23.0. The quantitative estimate of drug-likeness (QED) is 0.336. The molecular formula is C20H21ClN2O7. The van der Waals surface area contributed by atoms with Gasteiger partial charge in [-0.25, -0.2) is 4.79 Å². The molecule has 2 rings (SSSR count). The van der Waals surface area contributed by atoms with E-state index in [0.29, 0.717) is 5.02 Å². The molecule has 0 spiro atoms. The fourth-order valence-corrected chi connectivity index (χ4v) is 2.82. The minimum absolute atomic E-state index is 0.126. The lowest BCUT2D eigenvalue weighted by atomic mass is 10.1. The first-order valence-corrected chi connectivity index (χ1v) is 9.29. The Morgan fingerprint density at radius 3 is 2.53 bits per heavy atom. The van der Waals surface area contributed by atoms with Gasteiger partial charge in [0.1, 0.15) is 5.56 Å². The van der Waals surface area contributed by atoms with E-state index in [-0.39, 0.29) is 30.2 Å². The number of nitro groups is 1. The van der Waals surface area contributed by atoms with E-state index in [4.69, 9.17) is 25.8 Å². The van der Waals surface area contributed by atoms with Crippen molar-refractivity contribution in [3.8, 4) is 11.5 Å². The van der Waals surface area contributed by atoms with E-state index in [0.717, 1.165) is 17.7 Å². The van der Waals surface area contributed by atoms with Crippen molar-refractivity contribution in [3.05, 3.63) is 62.7 Å². The number of benzene rings is 2. The number of methoxy groups -OCH3 is 1. The van der Waals surface area contributed by atoms with Gasteiger partial charge in [-0.15, -0.1) is 0 Å². The maximum absolute atomic E-state index is 12.4. The van der Waals surface area contributed by atoms with Crippen LogP contribution in [0.1, 0.15) is 22.8 Å². The molecule has 160 valence electrons. The molecule has 2 aromatic rings. The van der Waals surface area contributed by atoms with E-state index in [1.165, 1.54) is 12.0 Å². The molecule has 30 heavy (non-hydrogen) atoms. The van der Waals surface area contributed by atoms with E-state index >= 15 is 0 Å². The van der Waals surface area contributed by atoms with Gasteiger partial charge in [0.05, 0.1) is 24.7 Å². The van der Waals surface area contributed by atoms with Crippen LogP contribution in [0.15, 0.2) is 36.4 Å². The number of nitrogens with zero attached hydrogens (tertiary/aromatic N) is 2. The number of esters is 1. The van der Waals surface area contributed by atoms with E-state index in [9.17, 15) is 19.7 Å². The molecule has 0 heterocycles. The van der Waals surface area contributed by atoms with Crippen LogP contribution in [-0.2, 0) is 16.1 Å². The number of ether oxygens (including phenoxy) is 3. The molecule has 0 fully saturated rings. The molecule has 0 saturated carbocycles. The number of rotatable bonds is 9. The summed E-state index contributed by atoms with van der Waals surface area (Å²) < 4.78 is 15.4. The van der Waals surface area contributed by atoms with Gasteiger partial charge in [0.15, 0.2) is 18.1 Å². The van der Waals surface area contributed by atoms with Crippen LogP contribution < -0.4 is 9.47 Å². The van der Waals surface area contributed by atoms with Gasteiger partial charge in [0.25, 0.3) is 11.6 Å². The third-order valence-electron chi connectivity index (χ3n) is 4.06. The Morgan fingerprint density at radius 2 is 1.93 bits per heavy atom.